The van der Waals surface area contributed by atoms with Gasteiger partial charge in [0.1, 0.15) is 11.5 Å². The molecule has 2 aromatic carbocycles. The van der Waals surface area contributed by atoms with Crippen LogP contribution >= 0.6 is 11.3 Å². The molecule has 0 fully saturated rings. The number of aliphatic hydroxyl groups is 1. The molecular weight excluding hydrogens is 464 g/mol. The van der Waals surface area contributed by atoms with E-state index in [-0.39, 0.29) is 11.7 Å². The molecule has 0 bridgehead atoms. The summed E-state index contributed by atoms with van der Waals surface area (Å²) in [6.45, 7) is 9.86. The van der Waals surface area contributed by atoms with Gasteiger partial charge in [-0.25, -0.2) is 4.98 Å². The fourth-order valence-corrected chi connectivity index (χ4v) is 5.03. The Bertz CT molecular complexity index is 1280. The summed E-state index contributed by atoms with van der Waals surface area (Å²) in [5.74, 6) is -0.250. The first-order valence-electron chi connectivity index (χ1n) is 11.5. The van der Waals surface area contributed by atoms with Crippen LogP contribution in [0.5, 0.6) is 11.5 Å². The first-order valence-corrected chi connectivity index (χ1v) is 12.3. The van der Waals surface area contributed by atoms with E-state index in [2.05, 4.69) is 4.98 Å². The highest BCUT2D eigenvalue weighted by Gasteiger charge is 2.45. The molecular formula is C27H28N2O5S. The van der Waals surface area contributed by atoms with Crippen molar-refractivity contribution < 1.29 is 24.2 Å². The van der Waals surface area contributed by atoms with Crippen LogP contribution in [0.25, 0.3) is 0 Å². The second kappa shape index (κ2) is 9.92. The second-order valence-corrected chi connectivity index (χ2v) is 9.68. The molecule has 1 aliphatic rings. The lowest BCUT2D eigenvalue weighted by molar-refractivity contribution is -0.117. The van der Waals surface area contributed by atoms with Gasteiger partial charge in [0.15, 0.2) is 5.76 Å². The number of aryl methyl sites for hydroxylation is 2. The maximum Gasteiger partial charge on any atom is 0.294 e. The van der Waals surface area contributed by atoms with Crippen molar-refractivity contribution in [2.75, 3.05) is 11.5 Å². The van der Waals surface area contributed by atoms with Gasteiger partial charge in [0, 0.05) is 5.69 Å². The Morgan fingerprint density at radius 3 is 2.26 bits per heavy atom. The molecule has 1 atom stereocenters. The Morgan fingerprint density at radius 2 is 1.71 bits per heavy atom. The molecule has 0 aliphatic carbocycles. The third-order valence-electron chi connectivity index (χ3n) is 5.56. The van der Waals surface area contributed by atoms with Crippen molar-refractivity contribution in [3.63, 3.8) is 0 Å². The third-order valence-corrected chi connectivity index (χ3v) is 6.63. The van der Waals surface area contributed by atoms with Crippen molar-refractivity contribution in [1.82, 2.24) is 4.98 Å². The van der Waals surface area contributed by atoms with E-state index in [9.17, 15) is 14.7 Å². The molecule has 3 aromatic rings. The Labute approximate surface area is 208 Å². The topological polar surface area (TPSA) is 89.0 Å². The number of benzene rings is 2. The van der Waals surface area contributed by atoms with Crippen LogP contribution in [0.2, 0.25) is 0 Å². The zero-order valence-electron chi connectivity index (χ0n) is 20.4. The van der Waals surface area contributed by atoms with Crippen LogP contribution in [0.3, 0.4) is 0 Å². The van der Waals surface area contributed by atoms with Crippen molar-refractivity contribution >= 4 is 28.7 Å². The molecule has 0 radical (unpaired) electrons. The summed E-state index contributed by atoms with van der Waals surface area (Å²) in [5.41, 5.74) is 1.82. The third kappa shape index (κ3) is 4.79. The summed E-state index contributed by atoms with van der Waals surface area (Å²) in [6, 6.07) is 13.4. The molecule has 0 saturated carbocycles. The minimum atomic E-state index is -0.817. The van der Waals surface area contributed by atoms with Gasteiger partial charge >= 0.3 is 0 Å². The summed E-state index contributed by atoms with van der Waals surface area (Å²) >= 11 is 1.25. The van der Waals surface area contributed by atoms with Crippen molar-refractivity contribution in [3.05, 3.63) is 81.0 Å². The zero-order valence-corrected chi connectivity index (χ0v) is 21.2. The number of aliphatic hydroxyl groups excluding tert-OH is 1. The van der Waals surface area contributed by atoms with E-state index in [0.29, 0.717) is 39.9 Å². The lowest BCUT2D eigenvalue weighted by Crippen LogP contribution is -2.31. The number of ketones is 1. The first kappa shape index (κ1) is 24.5. The van der Waals surface area contributed by atoms with Gasteiger partial charge in [0.2, 0.25) is 5.78 Å². The Morgan fingerprint density at radius 1 is 1.09 bits per heavy atom. The highest BCUT2D eigenvalue weighted by molar-refractivity contribution is 7.14. The average Bonchev–Trinajstić information content (AvgIpc) is 3.29. The maximum atomic E-state index is 13.7. The Kier molecular flexibility index (Phi) is 6.93. The number of anilines is 1. The number of nitrogens with zero attached hydrogens (tertiary/aromatic N) is 2. The number of Topliss-reactive ketones (excluding diaryl/α,β-unsaturated/α-hetero) is 1. The molecule has 8 heteroatoms. The molecule has 1 N–H and O–H groups in total. The van der Waals surface area contributed by atoms with E-state index in [1.807, 2.05) is 39.8 Å². The molecule has 1 aromatic heterocycles. The highest BCUT2D eigenvalue weighted by Crippen LogP contribution is 2.43. The fourth-order valence-electron chi connectivity index (χ4n) is 4.15. The molecule has 7 nitrogen and oxygen atoms in total. The minimum absolute atomic E-state index is 0.00730. The van der Waals surface area contributed by atoms with E-state index >= 15 is 0 Å². The first-order chi connectivity index (χ1) is 16.7. The quantitative estimate of drug-likeness (QED) is 0.404. The fraction of sp³-hybridized carbons (Fsp3) is 0.296. The number of amides is 1. The number of aromatic nitrogens is 1. The van der Waals surface area contributed by atoms with Gasteiger partial charge < -0.3 is 14.6 Å². The van der Waals surface area contributed by atoms with E-state index in [1.165, 1.54) is 16.2 Å². The van der Waals surface area contributed by atoms with E-state index in [4.69, 9.17) is 9.47 Å². The minimum Gasteiger partial charge on any atom is -0.503 e. The second-order valence-electron chi connectivity index (χ2n) is 8.48. The standard InChI is InChI=1S/C27H28N2O5S/c1-6-33-20-13-9-19(10-14-20)29-23(18-7-11-21(12-8-18)34-15(2)3)22(25(31)27(29)32)24(30)26-16(4)28-17(5)35-26/h7-15,23,31H,6H2,1-5H3. The highest BCUT2D eigenvalue weighted by atomic mass is 32.1. The van der Waals surface area contributed by atoms with Crippen molar-refractivity contribution in [1.29, 1.82) is 0 Å². The molecule has 1 amide bonds. The number of carbonyl (C=O) groups excluding carboxylic acids is 2. The summed E-state index contributed by atoms with van der Waals surface area (Å²) in [4.78, 5) is 33.2. The lowest BCUT2D eigenvalue weighted by atomic mass is 9.94. The number of rotatable bonds is 8. The largest absolute Gasteiger partial charge is 0.503 e. The normalized spacial score (nSPS) is 15.8. The number of ether oxygens (including phenoxy) is 2. The number of hydrogen-bond donors (Lipinski definition) is 1. The van der Waals surface area contributed by atoms with Gasteiger partial charge in [-0.1, -0.05) is 12.1 Å². The average molecular weight is 493 g/mol. The SMILES string of the molecule is CCOc1ccc(N2C(=O)C(O)=C(C(=O)c3sc(C)nc3C)C2c2ccc(OC(C)C)cc2)cc1. The van der Waals surface area contributed by atoms with Crippen LogP contribution in [0, 0.1) is 13.8 Å². The Hall–Kier alpha value is -3.65. The van der Waals surface area contributed by atoms with Crippen LogP contribution in [-0.4, -0.2) is 34.5 Å². The summed E-state index contributed by atoms with van der Waals surface area (Å²) in [7, 11) is 0. The van der Waals surface area contributed by atoms with Crippen molar-refractivity contribution in [2.24, 2.45) is 0 Å². The molecule has 1 unspecified atom stereocenters. The number of carbonyl (C=O) groups is 2. The van der Waals surface area contributed by atoms with Crippen molar-refractivity contribution in [3.8, 4) is 11.5 Å². The van der Waals surface area contributed by atoms with E-state index < -0.39 is 23.5 Å². The van der Waals surface area contributed by atoms with Gasteiger partial charge in [-0.3, -0.25) is 14.5 Å². The molecule has 35 heavy (non-hydrogen) atoms. The van der Waals surface area contributed by atoms with Gasteiger partial charge in [-0.05, 0) is 76.6 Å². The lowest BCUT2D eigenvalue weighted by Gasteiger charge is -2.27. The van der Waals surface area contributed by atoms with E-state index in [0.717, 1.165) is 5.01 Å². The summed E-state index contributed by atoms with van der Waals surface area (Å²) < 4.78 is 11.3. The van der Waals surface area contributed by atoms with Gasteiger partial charge in [0.05, 0.1) is 39.9 Å². The van der Waals surface area contributed by atoms with Crippen molar-refractivity contribution in [2.45, 2.75) is 46.8 Å². The monoisotopic (exact) mass is 492 g/mol. The van der Waals surface area contributed by atoms with Crippen LogP contribution in [-0.2, 0) is 4.79 Å². The Balaban J connectivity index is 1.81. The number of thiazole rings is 1. The molecule has 182 valence electrons. The maximum absolute atomic E-state index is 13.7. The van der Waals surface area contributed by atoms with Crippen LogP contribution < -0.4 is 14.4 Å². The zero-order chi connectivity index (χ0) is 25.3. The predicted octanol–water partition coefficient (Wildman–Crippen LogP) is 5.73. The summed E-state index contributed by atoms with van der Waals surface area (Å²) in [6.07, 6.45) is 0.00730. The molecule has 0 saturated heterocycles. The van der Waals surface area contributed by atoms with Gasteiger partial charge in [-0.2, -0.15) is 0 Å². The molecule has 4 rings (SSSR count). The van der Waals surface area contributed by atoms with Gasteiger partial charge in [-0.15, -0.1) is 11.3 Å². The summed E-state index contributed by atoms with van der Waals surface area (Å²) in [5, 5.41) is 11.7. The molecule has 2 heterocycles. The van der Waals surface area contributed by atoms with E-state index in [1.54, 1.807) is 43.3 Å². The molecule has 0 spiro atoms. The smallest absolute Gasteiger partial charge is 0.294 e. The van der Waals surface area contributed by atoms with Crippen LogP contribution in [0.4, 0.5) is 5.69 Å². The van der Waals surface area contributed by atoms with Crippen LogP contribution in [0.15, 0.2) is 59.9 Å². The number of hydrogen-bond acceptors (Lipinski definition) is 7. The molecule has 1 aliphatic heterocycles. The predicted molar refractivity (Wildman–Crippen MR) is 136 cm³/mol. The van der Waals surface area contributed by atoms with Gasteiger partial charge in [0.25, 0.3) is 5.91 Å². The van der Waals surface area contributed by atoms with Crippen LogP contribution in [0.1, 0.15) is 52.7 Å².